The minimum atomic E-state index is 0.117. The van der Waals surface area contributed by atoms with E-state index >= 15 is 0 Å². The van der Waals surface area contributed by atoms with Crippen LogP contribution in [0.3, 0.4) is 0 Å². The molecule has 0 unspecified atom stereocenters. The highest BCUT2D eigenvalue weighted by Crippen LogP contribution is 2.28. The maximum absolute atomic E-state index is 12.6. The van der Waals surface area contributed by atoms with E-state index in [1.165, 1.54) is 0 Å². The molecule has 0 aliphatic carbocycles. The highest BCUT2D eigenvalue weighted by atomic mass is 16.5. The van der Waals surface area contributed by atoms with E-state index in [-0.39, 0.29) is 5.78 Å². The third-order valence-corrected chi connectivity index (χ3v) is 5.25. The first-order valence-corrected chi connectivity index (χ1v) is 10.3. The number of nitrogens with zero attached hydrogens (tertiary/aromatic N) is 2. The van der Waals surface area contributed by atoms with Crippen LogP contribution in [0.1, 0.15) is 30.1 Å². The smallest absolute Gasteiger partial charge is 0.164 e. The Labute approximate surface area is 173 Å². The second kappa shape index (κ2) is 10.2. The number of carbonyl (C=O) groups excluding carboxylic acids is 1. The molecule has 1 aliphatic rings. The lowest BCUT2D eigenvalue weighted by atomic mass is 10.1. The fraction of sp³-hybridized carbons (Fsp3) is 0.435. The van der Waals surface area contributed by atoms with Gasteiger partial charge in [0.2, 0.25) is 0 Å². The van der Waals surface area contributed by atoms with E-state index in [1.54, 1.807) is 19.2 Å². The summed E-state index contributed by atoms with van der Waals surface area (Å²) in [6, 6.07) is 13.4. The molecule has 0 amide bonds. The van der Waals surface area contributed by atoms with E-state index in [0.29, 0.717) is 30.0 Å². The van der Waals surface area contributed by atoms with Crippen LogP contribution >= 0.6 is 0 Å². The van der Waals surface area contributed by atoms with Crippen molar-refractivity contribution < 1.29 is 14.3 Å². The normalized spacial score (nSPS) is 14.6. The molecule has 0 radical (unpaired) electrons. The van der Waals surface area contributed by atoms with Gasteiger partial charge < -0.3 is 20.1 Å². The van der Waals surface area contributed by atoms with Gasteiger partial charge in [-0.1, -0.05) is 19.1 Å². The number of ketones is 1. The summed E-state index contributed by atoms with van der Waals surface area (Å²) in [4.78, 5) is 17.3. The van der Waals surface area contributed by atoms with Gasteiger partial charge in [-0.3, -0.25) is 9.69 Å². The minimum Gasteiger partial charge on any atom is -0.495 e. The molecule has 2 aromatic rings. The van der Waals surface area contributed by atoms with Crippen molar-refractivity contribution in [2.24, 2.45) is 0 Å². The number of carbonyl (C=O) groups is 1. The number of piperazine rings is 1. The van der Waals surface area contributed by atoms with Gasteiger partial charge in [0.15, 0.2) is 5.78 Å². The van der Waals surface area contributed by atoms with E-state index in [9.17, 15) is 4.79 Å². The number of methoxy groups -OCH3 is 1. The Morgan fingerprint density at radius 1 is 1.07 bits per heavy atom. The van der Waals surface area contributed by atoms with Crippen LogP contribution < -0.4 is 20.1 Å². The van der Waals surface area contributed by atoms with Gasteiger partial charge in [0.25, 0.3) is 0 Å². The number of hydrogen-bond donors (Lipinski definition) is 1. The zero-order chi connectivity index (χ0) is 20.6. The predicted octanol–water partition coefficient (Wildman–Crippen LogP) is 3.46. The third kappa shape index (κ3) is 5.41. The van der Waals surface area contributed by atoms with Crippen molar-refractivity contribution in [3.63, 3.8) is 0 Å². The van der Waals surface area contributed by atoms with E-state index in [1.807, 2.05) is 31.2 Å². The van der Waals surface area contributed by atoms with E-state index in [2.05, 4.69) is 15.9 Å². The van der Waals surface area contributed by atoms with Crippen molar-refractivity contribution in [2.45, 2.75) is 19.8 Å². The Morgan fingerprint density at radius 2 is 1.83 bits per heavy atom. The summed E-state index contributed by atoms with van der Waals surface area (Å²) in [5, 5.41) is 0. The highest BCUT2D eigenvalue weighted by Gasteiger charge is 2.20. The summed E-state index contributed by atoms with van der Waals surface area (Å²) in [5.74, 6) is 1.67. The van der Waals surface area contributed by atoms with E-state index in [0.717, 1.165) is 50.6 Å². The number of hydrogen-bond acceptors (Lipinski definition) is 6. The first-order chi connectivity index (χ1) is 14.1. The topological polar surface area (TPSA) is 68.0 Å². The lowest BCUT2D eigenvalue weighted by molar-refractivity contribution is 0.0962. The van der Waals surface area contributed by atoms with Gasteiger partial charge in [-0.2, -0.15) is 0 Å². The summed E-state index contributed by atoms with van der Waals surface area (Å²) >= 11 is 0. The quantitative estimate of drug-likeness (QED) is 0.516. The summed E-state index contributed by atoms with van der Waals surface area (Å²) in [6.45, 7) is 7.12. The second-order valence-corrected chi connectivity index (χ2v) is 7.27. The maximum Gasteiger partial charge on any atom is 0.164 e. The van der Waals surface area contributed by atoms with Crippen LogP contribution in [-0.4, -0.2) is 57.1 Å². The van der Waals surface area contributed by atoms with Crippen molar-refractivity contribution in [1.82, 2.24) is 4.90 Å². The number of para-hydroxylation sites is 2. The molecular weight excluding hydrogens is 366 g/mol. The van der Waals surface area contributed by atoms with Gasteiger partial charge in [0.05, 0.1) is 25.1 Å². The number of anilines is 2. The molecule has 0 spiro atoms. The molecule has 1 heterocycles. The Morgan fingerprint density at radius 3 is 2.52 bits per heavy atom. The number of nitrogens with two attached hydrogens (primary N) is 1. The van der Waals surface area contributed by atoms with Gasteiger partial charge in [-0.15, -0.1) is 0 Å². The fourth-order valence-corrected chi connectivity index (χ4v) is 3.57. The summed E-state index contributed by atoms with van der Waals surface area (Å²) in [7, 11) is 1.70. The number of benzene rings is 2. The van der Waals surface area contributed by atoms with Gasteiger partial charge >= 0.3 is 0 Å². The average molecular weight is 398 g/mol. The molecule has 1 saturated heterocycles. The molecule has 0 bridgehead atoms. The number of rotatable bonds is 9. The predicted molar refractivity (Wildman–Crippen MR) is 117 cm³/mol. The van der Waals surface area contributed by atoms with Gasteiger partial charge in [-0.05, 0) is 36.8 Å². The Balaban J connectivity index is 1.49. The molecule has 2 N–H and O–H groups in total. The van der Waals surface area contributed by atoms with E-state index in [4.69, 9.17) is 15.2 Å². The van der Waals surface area contributed by atoms with Crippen molar-refractivity contribution in [2.75, 3.05) is 57.1 Å². The average Bonchev–Trinajstić information content (AvgIpc) is 2.77. The largest absolute Gasteiger partial charge is 0.495 e. The second-order valence-electron chi connectivity index (χ2n) is 7.27. The lowest BCUT2D eigenvalue weighted by Gasteiger charge is -2.36. The lowest BCUT2D eigenvalue weighted by Crippen LogP contribution is -2.47. The van der Waals surface area contributed by atoms with Crippen LogP contribution in [0.25, 0.3) is 0 Å². The van der Waals surface area contributed by atoms with E-state index < -0.39 is 0 Å². The summed E-state index contributed by atoms with van der Waals surface area (Å²) in [6.07, 6.45) is 1.41. The highest BCUT2D eigenvalue weighted by molar-refractivity contribution is 5.97. The van der Waals surface area contributed by atoms with Gasteiger partial charge in [0.1, 0.15) is 11.5 Å². The molecule has 3 rings (SSSR count). The molecule has 6 nitrogen and oxygen atoms in total. The van der Waals surface area contributed by atoms with Gasteiger partial charge in [0, 0.05) is 44.7 Å². The zero-order valence-corrected chi connectivity index (χ0v) is 17.4. The molecule has 1 fully saturated rings. The van der Waals surface area contributed by atoms with Crippen molar-refractivity contribution in [3.05, 3.63) is 48.0 Å². The van der Waals surface area contributed by atoms with Crippen LogP contribution in [0.2, 0.25) is 0 Å². The Kier molecular flexibility index (Phi) is 7.36. The monoisotopic (exact) mass is 397 g/mol. The first kappa shape index (κ1) is 21.0. The number of Topliss-reactive ketones (excluding diaryl/α,β-unsaturated/α-hetero) is 1. The van der Waals surface area contributed by atoms with Crippen LogP contribution in [0.5, 0.6) is 11.5 Å². The molecule has 0 atom stereocenters. The molecule has 1 aliphatic heterocycles. The molecule has 0 saturated carbocycles. The molecule has 2 aromatic carbocycles. The molecule has 29 heavy (non-hydrogen) atoms. The van der Waals surface area contributed by atoms with Crippen molar-refractivity contribution >= 4 is 17.2 Å². The molecular formula is C23H31N3O3. The maximum atomic E-state index is 12.6. The first-order valence-electron chi connectivity index (χ1n) is 10.3. The molecule has 0 aromatic heterocycles. The van der Waals surface area contributed by atoms with Crippen LogP contribution in [0, 0.1) is 0 Å². The number of ether oxygens (including phenoxy) is 2. The zero-order valence-electron chi connectivity index (χ0n) is 17.4. The SMILES string of the molecule is CCCOc1ccc(C(=O)CCN2CCN(c3ccccc3OC)CC2)cc1N. The van der Waals surface area contributed by atoms with Gasteiger partial charge in [-0.25, -0.2) is 0 Å². The summed E-state index contributed by atoms with van der Waals surface area (Å²) in [5.41, 5.74) is 8.34. The third-order valence-electron chi connectivity index (χ3n) is 5.25. The minimum absolute atomic E-state index is 0.117. The Bertz CT molecular complexity index is 817. The number of nitrogen functional groups attached to an aromatic ring is 1. The van der Waals surface area contributed by atoms with Crippen LogP contribution in [-0.2, 0) is 0 Å². The fourth-order valence-electron chi connectivity index (χ4n) is 3.57. The van der Waals surface area contributed by atoms with Crippen LogP contribution in [0.15, 0.2) is 42.5 Å². The van der Waals surface area contributed by atoms with Crippen molar-refractivity contribution in [1.29, 1.82) is 0 Å². The standard InChI is InChI=1S/C23H31N3O3/c1-3-16-29-22-9-8-18(17-19(22)24)21(27)10-11-25-12-14-26(15-13-25)20-6-4-5-7-23(20)28-2/h4-9,17H,3,10-16,24H2,1-2H3. The summed E-state index contributed by atoms with van der Waals surface area (Å²) < 4.78 is 11.1. The molecule has 6 heteroatoms. The van der Waals surface area contributed by atoms with Crippen molar-refractivity contribution in [3.8, 4) is 11.5 Å². The molecule has 156 valence electrons. The van der Waals surface area contributed by atoms with Crippen LogP contribution in [0.4, 0.5) is 11.4 Å². The Hall–Kier alpha value is -2.73.